The Bertz CT molecular complexity index is 567. The van der Waals surface area contributed by atoms with Gasteiger partial charge in [-0.2, -0.15) is 4.98 Å². The first-order chi connectivity index (χ1) is 10.2. The molecule has 0 aliphatic heterocycles. The average molecular weight is 352 g/mol. The summed E-state index contributed by atoms with van der Waals surface area (Å²) < 4.78 is 5.96. The maximum absolute atomic E-state index is 5.62. The maximum Gasteiger partial charge on any atom is 0.232 e. The predicted octanol–water partition coefficient (Wildman–Crippen LogP) is 2.00. The lowest BCUT2D eigenvalue weighted by Gasteiger charge is -2.22. The van der Waals surface area contributed by atoms with Crippen molar-refractivity contribution in [2.24, 2.45) is 5.73 Å². The van der Waals surface area contributed by atoms with Crippen LogP contribution >= 0.6 is 15.9 Å². The molecule has 112 valence electrons. The molecule has 0 radical (unpaired) electrons. The van der Waals surface area contributed by atoms with Crippen molar-refractivity contribution in [3.05, 3.63) is 40.8 Å². The topological polar surface area (TPSA) is 77.2 Å². The number of nitrogens with two attached hydrogens (primary N) is 1. The summed E-state index contributed by atoms with van der Waals surface area (Å²) in [6.07, 6.45) is 6.15. The second kappa shape index (κ2) is 7.90. The Morgan fingerprint density at radius 1 is 1.38 bits per heavy atom. The number of hydrogen-bond acceptors (Lipinski definition) is 6. The molecule has 0 spiro atoms. The van der Waals surface area contributed by atoms with Gasteiger partial charge in [-0.25, -0.2) is 4.98 Å². The zero-order valence-electron chi connectivity index (χ0n) is 11.9. The molecular weight excluding hydrogens is 334 g/mol. The number of ether oxygens (including phenoxy) is 1. The summed E-state index contributed by atoms with van der Waals surface area (Å²) in [4.78, 5) is 15.0. The Kier molecular flexibility index (Phi) is 5.89. The summed E-state index contributed by atoms with van der Waals surface area (Å²) in [5.41, 5.74) is 6.71. The Morgan fingerprint density at radius 2 is 2.24 bits per heavy atom. The van der Waals surface area contributed by atoms with E-state index in [-0.39, 0.29) is 0 Å². The molecule has 2 aromatic rings. The van der Waals surface area contributed by atoms with Gasteiger partial charge < -0.3 is 15.4 Å². The number of rotatable bonds is 7. The number of nitrogens with zero attached hydrogens (tertiary/aromatic N) is 4. The van der Waals surface area contributed by atoms with E-state index in [9.17, 15) is 0 Å². The molecule has 2 N–H and O–H groups in total. The van der Waals surface area contributed by atoms with Gasteiger partial charge in [-0.3, -0.25) is 4.98 Å². The molecular formula is C14H18BrN5O. The largest absolute Gasteiger partial charge is 0.480 e. The maximum atomic E-state index is 5.62. The Morgan fingerprint density at radius 3 is 2.90 bits per heavy atom. The highest BCUT2D eigenvalue weighted by Gasteiger charge is 2.13. The predicted molar refractivity (Wildman–Crippen MR) is 85.2 cm³/mol. The Labute approximate surface area is 132 Å². The van der Waals surface area contributed by atoms with E-state index in [1.165, 1.54) is 0 Å². The fourth-order valence-corrected chi connectivity index (χ4v) is 2.24. The lowest BCUT2D eigenvalue weighted by Crippen LogP contribution is -2.27. The lowest BCUT2D eigenvalue weighted by atomic mass is 10.2. The number of methoxy groups -OCH3 is 1. The molecule has 0 aromatic carbocycles. The van der Waals surface area contributed by atoms with Gasteiger partial charge in [-0.15, -0.1) is 0 Å². The second-order valence-electron chi connectivity index (χ2n) is 4.45. The van der Waals surface area contributed by atoms with Crippen LogP contribution < -0.4 is 15.4 Å². The monoisotopic (exact) mass is 351 g/mol. The zero-order valence-corrected chi connectivity index (χ0v) is 13.5. The van der Waals surface area contributed by atoms with Crippen LogP contribution in [0.1, 0.15) is 12.0 Å². The molecule has 2 rings (SSSR count). The van der Waals surface area contributed by atoms with Crippen molar-refractivity contribution in [1.82, 2.24) is 15.0 Å². The van der Waals surface area contributed by atoms with Crippen molar-refractivity contribution >= 4 is 21.9 Å². The van der Waals surface area contributed by atoms with Gasteiger partial charge in [-0.1, -0.05) is 6.07 Å². The third kappa shape index (κ3) is 4.37. The van der Waals surface area contributed by atoms with E-state index in [0.717, 1.165) is 23.0 Å². The van der Waals surface area contributed by atoms with Gasteiger partial charge in [0.1, 0.15) is 0 Å². The molecule has 6 nitrogen and oxygen atoms in total. The number of pyridine rings is 1. The van der Waals surface area contributed by atoms with Gasteiger partial charge >= 0.3 is 0 Å². The molecule has 0 saturated heterocycles. The molecule has 2 aromatic heterocycles. The van der Waals surface area contributed by atoms with Gasteiger partial charge in [0, 0.05) is 25.5 Å². The number of hydrogen-bond donors (Lipinski definition) is 1. The van der Waals surface area contributed by atoms with Crippen molar-refractivity contribution < 1.29 is 4.74 Å². The first kappa shape index (κ1) is 15.7. The van der Waals surface area contributed by atoms with Crippen LogP contribution in [0.2, 0.25) is 0 Å². The fraction of sp³-hybridized carbons (Fsp3) is 0.357. The van der Waals surface area contributed by atoms with Crippen LogP contribution in [0.15, 0.2) is 35.2 Å². The van der Waals surface area contributed by atoms with Gasteiger partial charge in [0.15, 0.2) is 0 Å². The molecule has 0 fully saturated rings. The highest BCUT2D eigenvalue weighted by atomic mass is 79.9. The normalized spacial score (nSPS) is 10.4. The van der Waals surface area contributed by atoms with Gasteiger partial charge in [-0.05, 0) is 40.5 Å². The highest BCUT2D eigenvalue weighted by molar-refractivity contribution is 9.10. The zero-order chi connectivity index (χ0) is 15.1. The van der Waals surface area contributed by atoms with Crippen molar-refractivity contribution in [2.75, 3.05) is 25.1 Å². The minimum Gasteiger partial charge on any atom is -0.480 e. The van der Waals surface area contributed by atoms with E-state index in [4.69, 9.17) is 10.5 Å². The summed E-state index contributed by atoms with van der Waals surface area (Å²) in [5, 5.41) is 0. The molecule has 0 unspecified atom stereocenters. The molecule has 21 heavy (non-hydrogen) atoms. The first-order valence-electron chi connectivity index (χ1n) is 6.65. The smallest absolute Gasteiger partial charge is 0.232 e. The number of anilines is 1. The lowest BCUT2D eigenvalue weighted by molar-refractivity contribution is 0.393. The molecule has 0 aliphatic carbocycles. The molecule has 2 heterocycles. The van der Waals surface area contributed by atoms with Gasteiger partial charge in [0.2, 0.25) is 11.8 Å². The average Bonchev–Trinajstić information content (AvgIpc) is 2.53. The fourth-order valence-electron chi connectivity index (χ4n) is 1.88. The Balaban J connectivity index is 2.22. The third-order valence-electron chi connectivity index (χ3n) is 2.90. The van der Waals surface area contributed by atoms with Gasteiger partial charge in [0.25, 0.3) is 0 Å². The second-order valence-corrected chi connectivity index (χ2v) is 5.31. The summed E-state index contributed by atoms with van der Waals surface area (Å²) in [5.74, 6) is 1.14. The van der Waals surface area contributed by atoms with Crippen molar-refractivity contribution in [3.8, 4) is 5.88 Å². The molecule has 7 heteroatoms. The summed E-state index contributed by atoms with van der Waals surface area (Å²) in [6.45, 7) is 2.08. The highest BCUT2D eigenvalue weighted by Crippen LogP contribution is 2.24. The van der Waals surface area contributed by atoms with Crippen LogP contribution in [0.5, 0.6) is 5.88 Å². The van der Waals surface area contributed by atoms with Crippen LogP contribution in [-0.2, 0) is 6.54 Å². The van der Waals surface area contributed by atoms with E-state index >= 15 is 0 Å². The quantitative estimate of drug-likeness (QED) is 0.821. The van der Waals surface area contributed by atoms with E-state index in [0.29, 0.717) is 24.9 Å². The van der Waals surface area contributed by atoms with Crippen LogP contribution in [0.25, 0.3) is 0 Å². The third-order valence-corrected chi connectivity index (χ3v) is 3.45. The molecule has 0 atom stereocenters. The van der Waals surface area contributed by atoms with Crippen molar-refractivity contribution in [2.45, 2.75) is 13.0 Å². The minimum absolute atomic E-state index is 0.518. The van der Waals surface area contributed by atoms with Crippen LogP contribution in [-0.4, -0.2) is 35.2 Å². The minimum atomic E-state index is 0.518. The van der Waals surface area contributed by atoms with E-state index in [1.54, 1.807) is 19.5 Å². The van der Waals surface area contributed by atoms with Crippen molar-refractivity contribution in [1.29, 1.82) is 0 Å². The Hall–Kier alpha value is -1.73. The molecule has 0 bridgehead atoms. The van der Waals surface area contributed by atoms with Crippen LogP contribution in [0, 0.1) is 0 Å². The van der Waals surface area contributed by atoms with Gasteiger partial charge in [0.05, 0.1) is 17.8 Å². The molecule has 0 amide bonds. The number of halogens is 1. The van der Waals surface area contributed by atoms with Crippen molar-refractivity contribution in [3.63, 3.8) is 0 Å². The van der Waals surface area contributed by atoms with E-state index in [1.807, 2.05) is 18.3 Å². The summed E-state index contributed by atoms with van der Waals surface area (Å²) >= 11 is 3.36. The first-order valence-corrected chi connectivity index (χ1v) is 7.44. The summed E-state index contributed by atoms with van der Waals surface area (Å²) in [6, 6.07) is 3.94. The SMILES string of the molecule is COc1nc(N(CCCN)Cc2cccnc2)ncc1Br. The standard InChI is InChI=1S/C14H18BrN5O/c1-21-13-12(15)9-18-14(19-13)20(7-3-5-16)10-11-4-2-6-17-8-11/h2,4,6,8-9H,3,5,7,10,16H2,1H3. The summed E-state index contributed by atoms with van der Waals surface area (Å²) in [7, 11) is 1.59. The van der Waals surface area contributed by atoms with E-state index < -0.39 is 0 Å². The van der Waals surface area contributed by atoms with Crippen LogP contribution in [0.4, 0.5) is 5.95 Å². The van der Waals surface area contributed by atoms with E-state index in [2.05, 4.69) is 35.8 Å². The number of aromatic nitrogens is 3. The molecule has 0 saturated carbocycles. The van der Waals surface area contributed by atoms with Crippen LogP contribution in [0.3, 0.4) is 0 Å². The molecule has 0 aliphatic rings.